The Morgan fingerprint density at radius 2 is 1.71 bits per heavy atom. The average molecular weight is 518 g/mol. The quantitative estimate of drug-likeness (QED) is 0.307. The maximum Gasteiger partial charge on any atom is 0.305 e. The number of carbonyl (C=O) groups is 1. The number of pyridine rings is 1. The standard InChI is InChI=1S/C32H43N3O3/c1-22(2)17-28(35-21-25(13-14-30(35)36)15-16-34(5)6)20-33-29(19-31(37)38)26-11-8-12-27(18-26)32-23(3)9-7-10-24(32)4/h7-14,18,21-22,28-29,33H,15-17,19-20H2,1-6H3,(H,37,38)/t28?,29-/m0/s1. The van der Waals surface area contributed by atoms with Crippen LogP contribution in [0.25, 0.3) is 11.1 Å². The van der Waals surface area contributed by atoms with Crippen molar-refractivity contribution in [2.45, 2.75) is 59.0 Å². The van der Waals surface area contributed by atoms with Gasteiger partial charge in [0.15, 0.2) is 0 Å². The molecule has 3 rings (SSSR count). The van der Waals surface area contributed by atoms with Crippen LogP contribution in [0.2, 0.25) is 0 Å². The van der Waals surface area contributed by atoms with E-state index in [0.717, 1.165) is 36.1 Å². The number of carboxylic acids is 1. The third-order valence-corrected chi connectivity index (χ3v) is 7.02. The number of aryl methyl sites for hydroxylation is 2. The Morgan fingerprint density at radius 3 is 2.34 bits per heavy atom. The van der Waals surface area contributed by atoms with Gasteiger partial charge in [0.1, 0.15) is 0 Å². The van der Waals surface area contributed by atoms with Gasteiger partial charge in [0, 0.05) is 37.4 Å². The lowest BCUT2D eigenvalue weighted by molar-refractivity contribution is -0.137. The van der Waals surface area contributed by atoms with E-state index < -0.39 is 5.97 Å². The molecule has 1 unspecified atom stereocenters. The van der Waals surface area contributed by atoms with E-state index in [1.54, 1.807) is 6.07 Å². The van der Waals surface area contributed by atoms with Crippen molar-refractivity contribution in [2.24, 2.45) is 5.92 Å². The molecule has 38 heavy (non-hydrogen) atoms. The predicted molar refractivity (Wildman–Crippen MR) is 156 cm³/mol. The lowest BCUT2D eigenvalue weighted by atomic mass is 9.92. The summed E-state index contributed by atoms with van der Waals surface area (Å²) < 4.78 is 1.84. The molecular formula is C32H43N3O3. The van der Waals surface area contributed by atoms with E-state index in [2.05, 4.69) is 68.2 Å². The van der Waals surface area contributed by atoms with Gasteiger partial charge < -0.3 is 19.9 Å². The fraction of sp³-hybridized carbons (Fsp3) is 0.438. The first-order chi connectivity index (χ1) is 18.0. The van der Waals surface area contributed by atoms with Crippen LogP contribution in [0.5, 0.6) is 0 Å². The second-order valence-electron chi connectivity index (χ2n) is 11.1. The molecule has 0 aliphatic rings. The van der Waals surface area contributed by atoms with Crippen molar-refractivity contribution in [2.75, 3.05) is 27.2 Å². The lowest BCUT2D eigenvalue weighted by Gasteiger charge is -2.26. The van der Waals surface area contributed by atoms with E-state index in [0.29, 0.717) is 12.5 Å². The molecule has 2 N–H and O–H groups in total. The zero-order valence-electron chi connectivity index (χ0n) is 23.7. The second-order valence-corrected chi connectivity index (χ2v) is 11.1. The van der Waals surface area contributed by atoms with Gasteiger partial charge in [-0.1, -0.05) is 56.3 Å². The molecule has 0 radical (unpaired) electrons. The summed E-state index contributed by atoms with van der Waals surface area (Å²) in [5.74, 6) is -0.479. The Bertz CT molecular complexity index is 1260. The second kappa shape index (κ2) is 13.5. The summed E-state index contributed by atoms with van der Waals surface area (Å²) in [6.45, 7) is 9.91. The van der Waals surface area contributed by atoms with E-state index in [4.69, 9.17) is 0 Å². The molecule has 0 aliphatic carbocycles. The Labute approximate surface area is 227 Å². The Morgan fingerprint density at radius 1 is 1.03 bits per heavy atom. The normalized spacial score (nSPS) is 13.2. The van der Waals surface area contributed by atoms with Crippen LogP contribution < -0.4 is 10.9 Å². The summed E-state index contributed by atoms with van der Waals surface area (Å²) >= 11 is 0. The number of hydrogen-bond donors (Lipinski definition) is 2. The minimum absolute atomic E-state index is 0.0298. The molecule has 0 saturated carbocycles. The van der Waals surface area contributed by atoms with Crippen molar-refractivity contribution in [3.63, 3.8) is 0 Å². The summed E-state index contributed by atoms with van der Waals surface area (Å²) in [4.78, 5) is 26.9. The van der Waals surface area contributed by atoms with Gasteiger partial charge >= 0.3 is 5.97 Å². The Kier molecular flexibility index (Phi) is 10.5. The molecule has 0 spiro atoms. The largest absolute Gasteiger partial charge is 0.481 e. The monoisotopic (exact) mass is 517 g/mol. The number of likely N-dealkylation sites (N-methyl/N-ethyl adjacent to an activating group) is 1. The van der Waals surface area contributed by atoms with Gasteiger partial charge in [-0.05, 0) is 86.1 Å². The van der Waals surface area contributed by atoms with Crippen LogP contribution in [-0.2, 0) is 11.2 Å². The van der Waals surface area contributed by atoms with Crippen LogP contribution in [0.3, 0.4) is 0 Å². The summed E-state index contributed by atoms with van der Waals surface area (Å²) in [5.41, 5.74) is 6.67. The minimum Gasteiger partial charge on any atom is -0.481 e. The van der Waals surface area contributed by atoms with Crippen LogP contribution in [0.15, 0.2) is 65.6 Å². The first-order valence-electron chi connectivity index (χ1n) is 13.5. The van der Waals surface area contributed by atoms with Crippen molar-refractivity contribution < 1.29 is 9.90 Å². The number of aliphatic carboxylic acids is 1. The first kappa shape index (κ1) is 29.3. The van der Waals surface area contributed by atoms with Crippen LogP contribution in [0.4, 0.5) is 0 Å². The number of rotatable bonds is 13. The van der Waals surface area contributed by atoms with Gasteiger partial charge in [0.2, 0.25) is 0 Å². The van der Waals surface area contributed by atoms with Gasteiger partial charge in [-0.2, -0.15) is 0 Å². The highest BCUT2D eigenvalue weighted by molar-refractivity contribution is 5.72. The molecule has 2 atom stereocenters. The zero-order valence-corrected chi connectivity index (χ0v) is 23.7. The highest BCUT2D eigenvalue weighted by Crippen LogP contribution is 2.30. The van der Waals surface area contributed by atoms with Crippen LogP contribution >= 0.6 is 0 Å². The molecule has 6 nitrogen and oxygen atoms in total. The zero-order chi connectivity index (χ0) is 27.8. The van der Waals surface area contributed by atoms with Crippen molar-refractivity contribution in [1.82, 2.24) is 14.8 Å². The van der Waals surface area contributed by atoms with Crippen LogP contribution in [0, 0.1) is 19.8 Å². The first-order valence-corrected chi connectivity index (χ1v) is 13.5. The fourth-order valence-electron chi connectivity index (χ4n) is 5.12. The van der Waals surface area contributed by atoms with Gasteiger partial charge in [-0.15, -0.1) is 0 Å². The lowest BCUT2D eigenvalue weighted by Crippen LogP contribution is -2.35. The predicted octanol–water partition coefficient (Wildman–Crippen LogP) is 5.63. The summed E-state index contributed by atoms with van der Waals surface area (Å²) in [5, 5.41) is 13.3. The molecule has 1 heterocycles. The summed E-state index contributed by atoms with van der Waals surface area (Å²) in [7, 11) is 4.08. The number of carboxylic acid groups (broad SMARTS) is 1. The molecule has 0 aliphatic heterocycles. The number of hydrogen-bond acceptors (Lipinski definition) is 4. The highest BCUT2D eigenvalue weighted by atomic mass is 16.4. The molecule has 0 fully saturated rings. The molecule has 0 saturated heterocycles. The molecule has 3 aromatic rings. The van der Waals surface area contributed by atoms with Gasteiger partial charge in [0.05, 0.1) is 6.42 Å². The molecular weight excluding hydrogens is 474 g/mol. The van der Waals surface area contributed by atoms with Crippen molar-refractivity contribution in [1.29, 1.82) is 0 Å². The smallest absolute Gasteiger partial charge is 0.305 e. The van der Waals surface area contributed by atoms with Crippen molar-refractivity contribution in [3.05, 3.63) is 93.4 Å². The maximum atomic E-state index is 12.9. The number of nitrogens with zero attached hydrogens (tertiary/aromatic N) is 2. The Hall–Kier alpha value is -3.22. The molecule has 1 aromatic heterocycles. The van der Waals surface area contributed by atoms with E-state index in [1.807, 2.05) is 43.1 Å². The molecule has 204 valence electrons. The molecule has 6 heteroatoms. The average Bonchev–Trinajstić information content (AvgIpc) is 2.85. The van der Waals surface area contributed by atoms with Crippen molar-refractivity contribution in [3.8, 4) is 11.1 Å². The summed E-state index contributed by atoms with van der Waals surface area (Å²) in [6, 6.07) is 17.5. The summed E-state index contributed by atoms with van der Waals surface area (Å²) in [6.07, 6.45) is 3.62. The van der Waals surface area contributed by atoms with Crippen molar-refractivity contribution >= 4 is 5.97 Å². The van der Waals surface area contributed by atoms with Gasteiger partial charge in [-0.3, -0.25) is 9.59 Å². The van der Waals surface area contributed by atoms with Gasteiger partial charge in [0.25, 0.3) is 5.56 Å². The van der Waals surface area contributed by atoms with E-state index in [1.165, 1.54) is 16.7 Å². The number of nitrogens with one attached hydrogen (secondary N) is 1. The third kappa shape index (κ3) is 8.14. The van der Waals surface area contributed by atoms with Gasteiger partial charge in [-0.25, -0.2) is 0 Å². The van der Waals surface area contributed by atoms with E-state index >= 15 is 0 Å². The van der Waals surface area contributed by atoms with E-state index in [-0.39, 0.29) is 24.1 Å². The third-order valence-electron chi connectivity index (χ3n) is 7.02. The van der Waals surface area contributed by atoms with Crippen LogP contribution in [0.1, 0.15) is 61.0 Å². The minimum atomic E-state index is -0.858. The molecule has 2 aromatic carbocycles. The highest BCUT2D eigenvalue weighted by Gasteiger charge is 2.21. The topological polar surface area (TPSA) is 74.6 Å². The molecule has 0 bridgehead atoms. The van der Waals surface area contributed by atoms with E-state index in [9.17, 15) is 14.7 Å². The SMILES string of the molecule is Cc1cccc(C)c1-c1cccc([C@H](CC(=O)O)NCC(CC(C)C)n2cc(CCN(C)C)ccc2=O)c1. The Balaban J connectivity index is 1.90. The molecule has 0 amide bonds. The maximum absolute atomic E-state index is 12.9. The fourth-order valence-corrected chi connectivity index (χ4v) is 5.12. The number of benzene rings is 2. The van der Waals surface area contributed by atoms with Crippen LogP contribution in [-0.4, -0.2) is 47.7 Å². The number of aromatic nitrogens is 1.